The maximum atomic E-state index is 12.6. The molecule has 3 rings (SSSR count). The van der Waals surface area contributed by atoms with Gasteiger partial charge in [0.2, 0.25) is 5.91 Å². The molecule has 31 heavy (non-hydrogen) atoms. The molecule has 0 aliphatic carbocycles. The SMILES string of the molecule is Cc1ccc(NC(=O)CSc2ccccc2C(=O)OC(C)C(=O)N2CCNC2=O)cc1. The van der Waals surface area contributed by atoms with Crippen LogP contribution in [0, 0.1) is 6.92 Å². The van der Waals surface area contributed by atoms with Gasteiger partial charge >= 0.3 is 12.0 Å². The molecule has 1 fully saturated rings. The first-order chi connectivity index (χ1) is 14.8. The summed E-state index contributed by atoms with van der Waals surface area (Å²) >= 11 is 1.19. The summed E-state index contributed by atoms with van der Waals surface area (Å²) < 4.78 is 5.29. The van der Waals surface area contributed by atoms with Crippen molar-refractivity contribution in [1.82, 2.24) is 10.2 Å². The number of carbonyl (C=O) groups is 4. The second-order valence-electron chi connectivity index (χ2n) is 6.97. The molecule has 0 bridgehead atoms. The van der Waals surface area contributed by atoms with Crippen LogP contribution in [0.3, 0.4) is 0 Å². The van der Waals surface area contributed by atoms with Crippen LogP contribution >= 0.6 is 11.8 Å². The van der Waals surface area contributed by atoms with Crippen LogP contribution in [0.1, 0.15) is 22.8 Å². The van der Waals surface area contributed by atoms with E-state index in [9.17, 15) is 19.2 Å². The lowest BCUT2D eigenvalue weighted by Gasteiger charge is -2.18. The van der Waals surface area contributed by atoms with Crippen molar-refractivity contribution in [3.05, 3.63) is 59.7 Å². The fourth-order valence-electron chi connectivity index (χ4n) is 2.91. The lowest BCUT2D eigenvalue weighted by Crippen LogP contribution is -2.41. The van der Waals surface area contributed by atoms with Gasteiger partial charge in [-0.3, -0.25) is 14.5 Å². The Morgan fingerprint density at radius 2 is 1.87 bits per heavy atom. The standard InChI is InChI=1S/C22H23N3O5S/c1-14-7-9-16(10-8-14)24-19(26)13-31-18-6-4-3-5-17(18)21(28)30-15(2)20(27)25-12-11-23-22(25)29/h3-10,15H,11-13H2,1-2H3,(H,23,29)(H,24,26). The zero-order valence-corrected chi connectivity index (χ0v) is 18.0. The minimum Gasteiger partial charge on any atom is -0.449 e. The van der Waals surface area contributed by atoms with E-state index >= 15 is 0 Å². The maximum Gasteiger partial charge on any atom is 0.340 e. The smallest absolute Gasteiger partial charge is 0.340 e. The summed E-state index contributed by atoms with van der Waals surface area (Å²) in [5, 5.41) is 5.34. The van der Waals surface area contributed by atoms with Crippen molar-refractivity contribution in [1.29, 1.82) is 0 Å². The number of nitrogens with zero attached hydrogens (tertiary/aromatic N) is 1. The van der Waals surface area contributed by atoms with Crippen LogP contribution in [0.5, 0.6) is 0 Å². The largest absolute Gasteiger partial charge is 0.449 e. The average Bonchev–Trinajstić information content (AvgIpc) is 3.19. The van der Waals surface area contributed by atoms with E-state index in [2.05, 4.69) is 10.6 Å². The van der Waals surface area contributed by atoms with E-state index < -0.39 is 24.0 Å². The summed E-state index contributed by atoms with van der Waals surface area (Å²) in [6, 6.07) is 13.7. The summed E-state index contributed by atoms with van der Waals surface area (Å²) in [6.07, 6.45) is -1.11. The Hall–Kier alpha value is -3.33. The van der Waals surface area contributed by atoms with Gasteiger partial charge in [-0.05, 0) is 38.1 Å². The van der Waals surface area contributed by atoms with Gasteiger partial charge in [-0.25, -0.2) is 9.59 Å². The van der Waals surface area contributed by atoms with E-state index in [0.29, 0.717) is 17.1 Å². The first-order valence-electron chi connectivity index (χ1n) is 9.73. The van der Waals surface area contributed by atoms with Crippen LogP contribution in [0.25, 0.3) is 0 Å². The number of hydrogen-bond donors (Lipinski definition) is 2. The van der Waals surface area contributed by atoms with E-state index in [0.717, 1.165) is 10.5 Å². The Morgan fingerprint density at radius 3 is 2.55 bits per heavy atom. The highest BCUT2D eigenvalue weighted by atomic mass is 32.2. The Kier molecular flexibility index (Phi) is 7.30. The Labute approximate surface area is 184 Å². The second kappa shape index (κ2) is 10.1. The van der Waals surface area contributed by atoms with Gasteiger partial charge in [0.25, 0.3) is 5.91 Å². The normalized spacial score (nSPS) is 14.0. The van der Waals surface area contributed by atoms with Gasteiger partial charge in [0.15, 0.2) is 6.10 Å². The lowest BCUT2D eigenvalue weighted by molar-refractivity contribution is -0.136. The van der Waals surface area contributed by atoms with Gasteiger partial charge in [0.05, 0.1) is 11.3 Å². The van der Waals surface area contributed by atoms with Crippen molar-refractivity contribution in [3.63, 3.8) is 0 Å². The van der Waals surface area contributed by atoms with Gasteiger partial charge in [-0.1, -0.05) is 29.8 Å². The molecule has 0 saturated carbocycles. The summed E-state index contributed by atoms with van der Waals surface area (Å²) in [7, 11) is 0. The van der Waals surface area contributed by atoms with Gasteiger partial charge in [-0.2, -0.15) is 0 Å². The van der Waals surface area contributed by atoms with Gasteiger partial charge < -0.3 is 15.4 Å². The number of anilines is 1. The molecule has 9 heteroatoms. The van der Waals surface area contributed by atoms with Crippen molar-refractivity contribution in [2.45, 2.75) is 24.8 Å². The van der Waals surface area contributed by atoms with Gasteiger partial charge in [-0.15, -0.1) is 11.8 Å². The molecule has 2 aromatic rings. The summed E-state index contributed by atoms with van der Waals surface area (Å²) in [5.74, 6) is -1.38. The van der Waals surface area contributed by atoms with Crippen LogP contribution < -0.4 is 10.6 Å². The molecule has 4 amide bonds. The second-order valence-corrected chi connectivity index (χ2v) is 7.99. The van der Waals surface area contributed by atoms with E-state index in [1.54, 1.807) is 24.3 Å². The molecule has 1 atom stereocenters. The van der Waals surface area contributed by atoms with Crippen LogP contribution in [-0.2, 0) is 14.3 Å². The zero-order valence-electron chi connectivity index (χ0n) is 17.2. The number of ether oxygens (including phenoxy) is 1. The number of aryl methyl sites for hydroxylation is 1. The number of amides is 4. The Balaban J connectivity index is 1.59. The van der Waals surface area contributed by atoms with Crippen LogP contribution in [-0.4, -0.2) is 53.7 Å². The Bertz CT molecular complexity index is 993. The highest BCUT2D eigenvalue weighted by Crippen LogP contribution is 2.24. The van der Waals surface area contributed by atoms with Crippen molar-refractivity contribution < 1.29 is 23.9 Å². The van der Waals surface area contributed by atoms with Crippen LogP contribution in [0.15, 0.2) is 53.4 Å². The summed E-state index contributed by atoms with van der Waals surface area (Å²) in [5.41, 5.74) is 2.04. The number of thioether (sulfide) groups is 1. The number of hydrogen-bond acceptors (Lipinski definition) is 6. The molecule has 1 aliphatic heterocycles. The van der Waals surface area contributed by atoms with Gasteiger partial charge in [0.1, 0.15) is 0 Å². The predicted molar refractivity (Wildman–Crippen MR) is 117 cm³/mol. The van der Waals surface area contributed by atoms with Crippen molar-refractivity contribution >= 4 is 41.3 Å². The van der Waals surface area contributed by atoms with E-state index in [4.69, 9.17) is 4.74 Å². The highest BCUT2D eigenvalue weighted by Gasteiger charge is 2.32. The minimum absolute atomic E-state index is 0.0978. The number of imide groups is 1. The summed E-state index contributed by atoms with van der Waals surface area (Å²) in [4.78, 5) is 50.5. The maximum absolute atomic E-state index is 12.6. The number of carbonyl (C=O) groups excluding carboxylic acids is 4. The number of rotatable bonds is 7. The molecule has 2 N–H and O–H groups in total. The third-order valence-electron chi connectivity index (χ3n) is 4.56. The van der Waals surface area contributed by atoms with E-state index in [1.165, 1.54) is 18.7 Å². The third-order valence-corrected chi connectivity index (χ3v) is 5.63. The molecule has 1 unspecified atom stereocenters. The first kappa shape index (κ1) is 22.4. The quantitative estimate of drug-likeness (QED) is 0.506. The molecule has 2 aromatic carbocycles. The molecular weight excluding hydrogens is 418 g/mol. The first-order valence-corrected chi connectivity index (χ1v) is 10.7. The molecule has 1 heterocycles. The van der Waals surface area contributed by atoms with Crippen LogP contribution in [0.4, 0.5) is 10.5 Å². The number of benzene rings is 2. The zero-order chi connectivity index (χ0) is 22.4. The van der Waals surface area contributed by atoms with Gasteiger partial charge in [0, 0.05) is 23.7 Å². The highest BCUT2D eigenvalue weighted by molar-refractivity contribution is 8.00. The fourth-order valence-corrected chi connectivity index (χ4v) is 3.75. The monoisotopic (exact) mass is 441 g/mol. The van der Waals surface area contributed by atoms with E-state index in [1.807, 2.05) is 31.2 Å². The Morgan fingerprint density at radius 1 is 1.16 bits per heavy atom. The molecule has 0 radical (unpaired) electrons. The third kappa shape index (κ3) is 5.85. The molecule has 0 aromatic heterocycles. The fraction of sp³-hybridized carbons (Fsp3) is 0.273. The topological polar surface area (TPSA) is 105 Å². The molecular formula is C22H23N3O5S. The van der Waals surface area contributed by atoms with Crippen molar-refractivity contribution in [2.24, 2.45) is 0 Å². The summed E-state index contributed by atoms with van der Waals surface area (Å²) in [6.45, 7) is 4.00. The molecule has 8 nitrogen and oxygen atoms in total. The molecule has 1 saturated heterocycles. The van der Waals surface area contributed by atoms with Crippen molar-refractivity contribution in [2.75, 3.05) is 24.2 Å². The predicted octanol–water partition coefficient (Wildman–Crippen LogP) is 2.82. The van der Waals surface area contributed by atoms with Crippen LogP contribution in [0.2, 0.25) is 0 Å². The molecule has 162 valence electrons. The molecule has 0 spiro atoms. The van der Waals surface area contributed by atoms with E-state index in [-0.39, 0.29) is 23.8 Å². The average molecular weight is 442 g/mol. The number of urea groups is 1. The minimum atomic E-state index is -1.11. The lowest BCUT2D eigenvalue weighted by atomic mass is 10.2. The van der Waals surface area contributed by atoms with Crippen molar-refractivity contribution in [3.8, 4) is 0 Å². The number of nitrogens with one attached hydrogen (secondary N) is 2. The molecule has 1 aliphatic rings. The number of esters is 1.